The second-order valence-corrected chi connectivity index (χ2v) is 7.29. The quantitative estimate of drug-likeness (QED) is 0.459. The molecule has 7 heteroatoms. The highest BCUT2D eigenvalue weighted by Gasteiger charge is 2.13. The fourth-order valence-electron chi connectivity index (χ4n) is 3.04. The molecule has 2 aromatic carbocycles. The molecule has 0 spiro atoms. The summed E-state index contributed by atoms with van der Waals surface area (Å²) in [4.78, 5) is 16.4. The molecule has 1 aliphatic rings. The van der Waals surface area contributed by atoms with E-state index < -0.39 is 0 Å². The zero-order chi connectivity index (χ0) is 21.3. The second-order valence-electron chi connectivity index (χ2n) is 7.29. The SMILES string of the molecule is CCC(C)C(=O)Nc1cccc(CNC(=NC)NCCc2ccc3c(c2)OCO3)c1. The lowest BCUT2D eigenvalue weighted by molar-refractivity contribution is -0.119. The van der Waals surface area contributed by atoms with Crippen LogP contribution in [0.3, 0.4) is 0 Å². The molecule has 1 aliphatic heterocycles. The van der Waals surface area contributed by atoms with E-state index in [2.05, 4.69) is 20.9 Å². The Labute approximate surface area is 177 Å². The molecular weight excluding hydrogens is 380 g/mol. The van der Waals surface area contributed by atoms with E-state index >= 15 is 0 Å². The van der Waals surface area contributed by atoms with E-state index in [9.17, 15) is 4.79 Å². The lowest BCUT2D eigenvalue weighted by Gasteiger charge is -2.14. The average Bonchev–Trinajstić information content (AvgIpc) is 3.23. The minimum Gasteiger partial charge on any atom is -0.454 e. The van der Waals surface area contributed by atoms with E-state index in [0.29, 0.717) is 6.54 Å². The van der Waals surface area contributed by atoms with Crippen LogP contribution in [0.1, 0.15) is 31.4 Å². The van der Waals surface area contributed by atoms with Crippen molar-refractivity contribution in [3.63, 3.8) is 0 Å². The Kier molecular flexibility index (Phi) is 7.54. The van der Waals surface area contributed by atoms with E-state index in [-0.39, 0.29) is 18.6 Å². The van der Waals surface area contributed by atoms with Gasteiger partial charge in [0.15, 0.2) is 17.5 Å². The van der Waals surface area contributed by atoms with Gasteiger partial charge in [0.25, 0.3) is 0 Å². The molecule has 0 bridgehead atoms. The van der Waals surface area contributed by atoms with Crippen LogP contribution >= 0.6 is 0 Å². The highest BCUT2D eigenvalue weighted by Crippen LogP contribution is 2.32. The summed E-state index contributed by atoms with van der Waals surface area (Å²) in [5, 5.41) is 9.61. The zero-order valence-electron chi connectivity index (χ0n) is 17.8. The number of rotatable bonds is 8. The third kappa shape index (κ3) is 5.89. The van der Waals surface area contributed by atoms with Crippen molar-refractivity contribution in [1.82, 2.24) is 10.6 Å². The maximum Gasteiger partial charge on any atom is 0.231 e. The van der Waals surface area contributed by atoms with Gasteiger partial charge < -0.3 is 25.4 Å². The van der Waals surface area contributed by atoms with Gasteiger partial charge in [0.05, 0.1) is 0 Å². The van der Waals surface area contributed by atoms with Gasteiger partial charge in [0.1, 0.15) is 0 Å². The number of guanidine groups is 1. The van der Waals surface area contributed by atoms with Gasteiger partial charge >= 0.3 is 0 Å². The first-order valence-corrected chi connectivity index (χ1v) is 10.3. The molecule has 7 nitrogen and oxygen atoms in total. The molecule has 0 saturated heterocycles. The van der Waals surface area contributed by atoms with Gasteiger partial charge in [0, 0.05) is 31.7 Å². The van der Waals surface area contributed by atoms with Crippen LogP contribution in [0.25, 0.3) is 0 Å². The largest absolute Gasteiger partial charge is 0.454 e. The minimum absolute atomic E-state index is 0.000399. The fourth-order valence-corrected chi connectivity index (χ4v) is 3.04. The average molecular weight is 411 g/mol. The first-order valence-electron chi connectivity index (χ1n) is 10.3. The minimum atomic E-state index is -0.000399. The third-order valence-corrected chi connectivity index (χ3v) is 5.08. The Balaban J connectivity index is 1.46. The number of nitrogens with zero attached hydrogens (tertiary/aromatic N) is 1. The van der Waals surface area contributed by atoms with Gasteiger partial charge in [-0.1, -0.05) is 32.0 Å². The summed E-state index contributed by atoms with van der Waals surface area (Å²) in [6.07, 6.45) is 1.66. The van der Waals surface area contributed by atoms with Crippen molar-refractivity contribution in [2.75, 3.05) is 25.7 Å². The number of anilines is 1. The molecule has 0 aliphatic carbocycles. The lowest BCUT2D eigenvalue weighted by atomic mass is 10.1. The monoisotopic (exact) mass is 410 g/mol. The van der Waals surface area contributed by atoms with Crippen LogP contribution in [0.2, 0.25) is 0 Å². The second kappa shape index (κ2) is 10.5. The smallest absolute Gasteiger partial charge is 0.231 e. The highest BCUT2D eigenvalue weighted by molar-refractivity contribution is 5.92. The van der Waals surface area contributed by atoms with Crippen molar-refractivity contribution in [3.05, 3.63) is 53.6 Å². The summed E-state index contributed by atoms with van der Waals surface area (Å²) in [5.41, 5.74) is 3.05. The van der Waals surface area contributed by atoms with Gasteiger partial charge in [-0.05, 0) is 48.2 Å². The molecule has 1 atom stereocenters. The summed E-state index contributed by atoms with van der Waals surface area (Å²) >= 11 is 0. The fraction of sp³-hybridized carbons (Fsp3) is 0.391. The van der Waals surface area contributed by atoms with Crippen LogP contribution in [0.5, 0.6) is 11.5 Å². The number of hydrogen-bond acceptors (Lipinski definition) is 4. The summed E-state index contributed by atoms with van der Waals surface area (Å²) in [6, 6.07) is 13.8. The lowest BCUT2D eigenvalue weighted by Crippen LogP contribution is -2.37. The van der Waals surface area contributed by atoms with E-state index in [1.165, 1.54) is 5.56 Å². The van der Waals surface area contributed by atoms with Gasteiger partial charge in [-0.15, -0.1) is 0 Å². The summed E-state index contributed by atoms with van der Waals surface area (Å²) in [6.45, 7) is 5.58. The molecule has 160 valence electrons. The van der Waals surface area contributed by atoms with Crippen molar-refractivity contribution in [2.24, 2.45) is 10.9 Å². The number of benzene rings is 2. The Morgan fingerprint density at radius 3 is 2.73 bits per heavy atom. The number of amides is 1. The van der Waals surface area contributed by atoms with Crippen molar-refractivity contribution in [2.45, 2.75) is 33.2 Å². The Hall–Kier alpha value is -3.22. The van der Waals surface area contributed by atoms with Crippen LogP contribution in [0.4, 0.5) is 5.69 Å². The van der Waals surface area contributed by atoms with Crippen LogP contribution in [0.15, 0.2) is 47.5 Å². The molecule has 2 aromatic rings. The first kappa shape index (κ1) is 21.5. The Morgan fingerprint density at radius 1 is 1.10 bits per heavy atom. The number of aliphatic imine (C=N–C) groups is 1. The van der Waals surface area contributed by atoms with Crippen LogP contribution in [0, 0.1) is 5.92 Å². The van der Waals surface area contributed by atoms with Gasteiger partial charge in [0.2, 0.25) is 12.7 Å². The number of fused-ring (bicyclic) bond motifs is 1. The molecule has 0 aromatic heterocycles. The molecule has 1 heterocycles. The topological polar surface area (TPSA) is 84.0 Å². The van der Waals surface area contributed by atoms with E-state index in [0.717, 1.165) is 48.1 Å². The predicted octanol–water partition coefficient (Wildman–Crippen LogP) is 3.31. The molecule has 0 saturated carbocycles. The third-order valence-electron chi connectivity index (χ3n) is 5.08. The molecule has 3 N–H and O–H groups in total. The van der Waals surface area contributed by atoms with Gasteiger partial charge in [-0.3, -0.25) is 9.79 Å². The summed E-state index contributed by atoms with van der Waals surface area (Å²) in [5.74, 6) is 2.37. The molecule has 3 rings (SSSR count). The molecule has 30 heavy (non-hydrogen) atoms. The van der Waals surface area contributed by atoms with Crippen molar-refractivity contribution in [3.8, 4) is 11.5 Å². The Morgan fingerprint density at radius 2 is 1.93 bits per heavy atom. The maximum absolute atomic E-state index is 12.1. The Bertz CT molecular complexity index is 898. The standard InChI is InChI=1S/C23H30N4O3/c1-4-16(2)22(28)27-19-7-5-6-18(12-19)14-26-23(24-3)25-11-10-17-8-9-20-21(13-17)30-15-29-20/h5-9,12-13,16H,4,10-11,14-15H2,1-3H3,(H,27,28)(H2,24,25,26). The number of carbonyl (C=O) groups is 1. The maximum atomic E-state index is 12.1. The first-order chi connectivity index (χ1) is 14.6. The molecule has 0 fully saturated rings. The van der Waals surface area contributed by atoms with Crippen molar-refractivity contribution in [1.29, 1.82) is 0 Å². The zero-order valence-corrected chi connectivity index (χ0v) is 17.8. The molecular formula is C23H30N4O3. The number of ether oxygens (including phenoxy) is 2. The van der Waals surface area contributed by atoms with Gasteiger partial charge in [-0.2, -0.15) is 0 Å². The number of carbonyl (C=O) groups excluding carboxylic acids is 1. The van der Waals surface area contributed by atoms with E-state index in [1.54, 1.807) is 7.05 Å². The number of hydrogen-bond donors (Lipinski definition) is 3. The number of nitrogens with one attached hydrogen (secondary N) is 3. The van der Waals surface area contributed by atoms with E-state index in [4.69, 9.17) is 9.47 Å². The van der Waals surface area contributed by atoms with Gasteiger partial charge in [-0.25, -0.2) is 0 Å². The highest BCUT2D eigenvalue weighted by atomic mass is 16.7. The predicted molar refractivity (Wildman–Crippen MR) is 119 cm³/mol. The van der Waals surface area contributed by atoms with Crippen molar-refractivity contribution >= 4 is 17.6 Å². The molecule has 1 unspecified atom stereocenters. The van der Waals surface area contributed by atoms with Crippen LogP contribution < -0.4 is 25.4 Å². The van der Waals surface area contributed by atoms with Crippen molar-refractivity contribution < 1.29 is 14.3 Å². The molecule has 1 amide bonds. The summed E-state index contributed by atoms with van der Waals surface area (Å²) < 4.78 is 10.8. The summed E-state index contributed by atoms with van der Waals surface area (Å²) in [7, 11) is 1.75. The van der Waals surface area contributed by atoms with E-state index in [1.807, 2.05) is 56.3 Å². The normalized spacial score (nSPS) is 13.6. The van der Waals surface area contributed by atoms with Crippen LogP contribution in [-0.2, 0) is 17.8 Å². The van der Waals surface area contributed by atoms with Crippen LogP contribution in [-0.4, -0.2) is 32.3 Å². The molecule has 0 radical (unpaired) electrons.